The molecule has 1 fully saturated rings. The normalized spacial score (nSPS) is 22.4. The summed E-state index contributed by atoms with van der Waals surface area (Å²) < 4.78 is 43.0. The third kappa shape index (κ3) is 27.5. The van der Waals surface area contributed by atoms with Gasteiger partial charge in [0.1, 0.15) is 29.2 Å². The van der Waals surface area contributed by atoms with Crippen LogP contribution in [-0.2, 0) is 88.2 Å². The molecular weight excluding hydrogens is 1300 g/mol. The van der Waals surface area contributed by atoms with Gasteiger partial charge < -0.3 is 103 Å². The van der Waals surface area contributed by atoms with E-state index in [9.17, 15) is 73.2 Å². The van der Waals surface area contributed by atoms with Crippen LogP contribution >= 0.6 is 11.8 Å². The predicted octanol–water partition coefficient (Wildman–Crippen LogP) is -5.04. The van der Waals surface area contributed by atoms with E-state index in [-0.39, 0.29) is 89.1 Å². The average molecular weight is 1400 g/mol. The number of ether oxygens (including phenoxy) is 5. The highest BCUT2D eigenvalue weighted by molar-refractivity contribution is 7.98. The number of rotatable bonds is 39. The SMILES string of the molecule is CC[C@H](C)[C@H](CCNC(=O)CN)C(=O)NCC(=O)N[C@@H]1CS(=O)C2Nc3c(ccc(OC)c3CSCCCCNC(=O)CCOCCOCCOCCOCCN3C(=O)C=CC3=O)C2[C@H](CO)CNC(=O)[C@H]([C@@H](C)[C@@H](O)CO)NC(=O)C[C@@H](O)CNC(=O)[C@H](CC(N)=O)NC1=O. The number of unbranched alkanes of at least 4 members (excludes halogenated alkanes) is 1. The summed E-state index contributed by atoms with van der Waals surface area (Å²) in [5, 5.41) is 65.3. The first-order chi connectivity index (χ1) is 46.0. The molecule has 3 unspecified atom stereocenters. The first kappa shape index (κ1) is 81.5. The third-order valence-corrected chi connectivity index (χ3v) is 18.9. The van der Waals surface area contributed by atoms with Crippen molar-refractivity contribution in [3.8, 4) is 5.75 Å². The highest BCUT2D eigenvalue weighted by Gasteiger charge is 2.45. The van der Waals surface area contributed by atoms with E-state index in [1.165, 1.54) is 37.9 Å². The van der Waals surface area contributed by atoms with Crippen molar-refractivity contribution >= 4 is 93.2 Å². The Hall–Kier alpha value is -6.93. The summed E-state index contributed by atoms with van der Waals surface area (Å²) >= 11 is 1.52. The van der Waals surface area contributed by atoms with E-state index in [1.807, 2.05) is 13.8 Å². The van der Waals surface area contributed by atoms with Crippen LogP contribution in [0.3, 0.4) is 0 Å². The number of nitrogens with zero attached hydrogens (tertiary/aromatic N) is 1. The second kappa shape index (κ2) is 44.1. The molecule has 0 saturated carbocycles. The minimum atomic E-state index is -2.30. The number of hydrogen-bond donors (Lipinski definition) is 15. The zero-order chi connectivity index (χ0) is 70.7. The molecule has 0 radical (unpaired) electrons. The van der Waals surface area contributed by atoms with Crippen molar-refractivity contribution in [3.63, 3.8) is 0 Å². The van der Waals surface area contributed by atoms with Crippen LogP contribution in [0.4, 0.5) is 5.69 Å². The molecule has 33 nitrogen and oxygen atoms in total. The lowest BCUT2D eigenvalue weighted by Crippen LogP contribution is -2.58. The number of primary amides is 1. The summed E-state index contributed by atoms with van der Waals surface area (Å²) in [6, 6.07) is -1.74. The molecule has 0 aliphatic carbocycles. The number of aliphatic hydroxyl groups is 4. The number of aliphatic hydroxyl groups excluding tert-OH is 4. The van der Waals surface area contributed by atoms with Crippen molar-refractivity contribution in [1.82, 2.24) is 47.4 Å². The van der Waals surface area contributed by atoms with Crippen LogP contribution in [0, 0.1) is 23.7 Å². The molecule has 96 heavy (non-hydrogen) atoms. The number of benzene rings is 1. The van der Waals surface area contributed by atoms with Gasteiger partial charge in [-0.3, -0.25) is 61.8 Å². The number of amides is 11. The monoisotopic (exact) mass is 1400 g/mol. The maximum absolute atomic E-state index is 15.3. The lowest BCUT2D eigenvalue weighted by Gasteiger charge is -2.31. The number of imide groups is 1. The number of carbonyl (C=O) groups excluding carboxylic acids is 11. The van der Waals surface area contributed by atoms with Gasteiger partial charge in [0.2, 0.25) is 53.2 Å². The lowest BCUT2D eigenvalue weighted by molar-refractivity contribution is -0.138. The van der Waals surface area contributed by atoms with Gasteiger partial charge >= 0.3 is 0 Å². The zero-order valence-corrected chi connectivity index (χ0v) is 56.5. The van der Waals surface area contributed by atoms with Crippen molar-refractivity contribution in [3.05, 3.63) is 35.4 Å². The van der Waals surface area contributed by atoms with Crippen molar-refractivity contribution in [1.29, 1.82) is 0 Å². The second-order valence-electron chi connectivity index (χ2n) is 23.2. The Morgan fingerprint density at radius 1 is 0.802 bits per heavy atom. The van der Waals surface area contributed by atoms with E-state index in [0.29, 0.717) is 86.3 Å². The van der Waals surface area contributed by atoms with E-state index in [4.69, 9.17) is 35.2 Å². The predicted molar refractivity (Wildman–Crippen MR) is 350 cm³/mol. The van der Waals surface area contributed by atoms with Crippen LogP contribution in [0.5, 0.6) is 5.75 Å². The van der Waals surface area contributed by atoms with Gasteiger partial charge in [-0.2, -0.15) is 11.8 Å². The molecule has 0 aromatic heterocycles. The molecule has 540 valence electrons. The molecule has 0 bridgehead atoms. The van der Waals surface area contributed by atoms with Gasteiger partial charge in [0, 0.05) is 103 Å². The van der Waals surface area contributed by atoms with Crippen molar-refractivity contribution in [2.24, 2.45) is 35.1 Å². The highest BCUT2D eigenvalue weighted by Crippen LogP contribution is 2.47. The third-order valence-electron chi connectivity index (χ3n) is 16.2. The fourth-order valence-electron chi connectivity index (χ4n) is 10.5. The molecule has 11 amide bonds. The summed E-state index contributed by atoms with van der Waals surface area (Å²) in [6.45, 7) is 4.45. The Morgan fingerprint density at radius 3 is 2.07 bits per heavy atom. The Kier molecular flexibility index (Phi) is 37.4. The number of methoxy groups -OCH3 is 1. The zero-order valence-electron chi connectivity index (χ0n) is 54.9. The number of nitrogens with two attached hydrogens (primary N) is 2. The van der Waals surface area contributed by atoms with Gasteiger partial charge in [-0.15, -0.1) is 0 Å². The molecule has 3 aliphatic rings. The summed E-state index contributed by atoms with van der Waals surface area (Å²) in [6.07, 6.45) is -0.0955. The minimum absolute atomic E-state index is 0.108. The summed E-state index contributed by atoms with van der Waals surface area (Å²) in [5.41, 5.74) is 12.5. The van der Waals surface area contributed by atoms with E-state index in [0.717, 1.165) is 4.90 Å². The van der Waals surface area contributed by atoms with E-state index >= 15 is 4.21 Å². The summed E-state index contributed by atoms with van der Waals surface area (Å²) in [5.74, 6) is -11.3. The fraction of sp³-hybridized carbons (Fsp3) is 0.689. The number of carbonyl (C=O) groups is 11. The van der Waals surface area contributed by atoms with Crippen LogP contribution < -0.4 is 64.1 Å². The highest BCUT2D eigenvalue weighted by atomic mass is 32.2. The molecular formula is C61H98N12O21S2. The maximum Gasteiger partial charge on any atom is 0.253 e. The molecule has 0 spiro atoms. The molecule has 3 heterocycles. The Labute approximate surface area is 564 Å². The number of anilines is 1. The Balaban J connectivity index is 1.49. The number of nitrogens with one attached hydrogen (secondary N) is 9. The van der Waals surface area contributed by atoms with E-state index in [1.54, 1.807) is 12.1 Å². The molecule has 12 atom stereocenters. The average Bonchev–Trinajstić information content (AvgIpc) is 1.61. The molecule has 4 rings (SSSR count). The van der Waals surface area contributed by atoms with Crippen LogP contribution in [0.1, 0.15) is 82.8 Å². The smallest absolute Gasteiger partial charge is 0.253 e. The van der Waals surface area contributed by atoms with Crippen LogP contribution in [0.15, 0.2) is 24.3 Å². The van der Waals surface area contributed by atoms with Gasteiger partial charge in [0.05, 0.1) is 117 Å². The molecule has 1 aromatic rings. The first-order valence-corrected chi connectivity index (χ1v) is 34.6. The summed E-state index contributed by atoms with van der Waals surface area (Å²) in [4.78, 5) is 144. The van der Waals surface area contributed by atoms with Crippen LogP contribution in [-0.4, -0.2) is 261 Å². The molecule has 1 saturated heterocycles. The Morgan fingerprint density at radius 2 is 1.45 bits per heavy atom. The number of hydrogen-bond acceptors (Lipinski definition) is 24. The fourth-order valence-corrected chi connectivity index (χ4v) is 13.3. The van der Waals surface area contributed by atoms with Crippen molar-refractivity contribution in [2.45, 2.75) is 113 Å². The van der Waals surface area contributed by atoms with Gasteiger partial charge in [-0.25, -0.2) is 0 Å². The van der Waals surface area contributed by atoms with Gasteiger partial charge in [-0.1, -0.05) is 33.3 Å². The van der Waals surface area contributed by atoms with Crippen LogP contribution in [0.2, 0.25) is 0 Å². The second-order valence-corrected chi connectivity index (χ2v) is 25.9. The van der Waals surface area contributed by atoms with Gasteiger partial charge in [-0.05, 0) is 42.6 Å². The Bertz CT molecular complexity index is 2790. The van der Waals surface area contributed by atoms with Gasteiger partial charge in [0.15, 0.2) is 0 Å². The van der Waals surface area contributed by atoms with E-state index in [2.05, 4.69) is 47.9 Å². The molecule has 1 aromatic carbocycles. The van der Waals surface area contributed by atoms with Crippen molar-refractivity contribution < 1.29 is 101 Å². The number of thioether (sulfide) groups is 1. The molecule has 17 N–H and O–H groups in total. The first-order valence-electron chi connectivity index (χ1n) is 32.1. The summed E-state index contributed by atoms with van der Waals surface area (Å²) in [7, 11) is -0.844. The maximum atomic E-state index is 15.3. The number of β-amino-alcohol motifs (C(OH)–C–C–N with tert-alkyl or cyclic N) is 1. The molecule has 3 aliphatic heterocycles. The van der Waals surface area contributed by atoms with Crippen molar-refractivity contribution in [2.75, 3.05) is 136 Å². The standard InChI is InChI=1S/C61H98N12O21S2/c1-5-36(2)40(12-15-65-50(81)28-62)57(85)68-31-51(82)69-44-35-96(89)61-54(38(32-74)29-66-60(88)55(37(3)45(77)33-75)71-49(80)26-39(76)30-67-58(86)43(27-47(63)78)70-59(44)87)41-8-9-46(90-4)42(56(41)72-61)34-95-25-7-6-14-64-48(79)13-17-91-19-21-93-23-24-94-22-20-92-18-16-73-52(83)10-11-53(73)84/h8-11,36-40,43-45,54-55,61,72,74-77H,5-7,12-35,62H2,1-4H3,(H2,63,78)(H,64,79)(H,65,81)(H,66,88)(H,67,86)(H,68,85)(H,69,82)(H,70,87)(H,71,80)/t36-,37-,38-,39+,40-,43-,44+,45-,54?,55-,61?,96?/m0/s1. The largest absolute Gasteiger partial charge is 0.496 e. The molecule has 35 heteroatoms. The minimum Gasteiger partial charge on any atom is -0.496 e. The quantitative estimate of drug-likeness (QED) is 0.0217. The topological polar surface area (TPSA) is 495 Å². The van der Waals surface area contributed by atoms with Crippen LogP contribution in [0.25, 0.3) is 0 Å². The van der Waals surface area contributed by atoms with E-state index < -0.39 is 162 Å². The van der Waals surface area contributed by atoms with Gasteiger partial charge in [0.25, 0.3) is 11.8 Å². The lowest BCUT2D eigenvalue weighted by atomic mass is 9.86. The number of fused-ring (bicyclic) bond motifs is 3.